The van der Waals surface area contributed by atoms with Crippen molar-refractivity contribution in [2.75, 3.05) is 33.0 Å². The predicted molar refractivity (Wildman–Crippen MR) is 221 cm³/mol. The van der Waals surface area contributed by atoms with Crippen molar-refractivity contribution >= 4 is 24.1 Å². The van der Waals surface area contributed by atoms with E-state index in [2.05, 4.69) is 0 Å². The molecule has 2 aliphatic rings. The summed E-state index contributed by atoms with van der Waals surface area (Å²) in [6.07, 6.45) is 7.98. The SMILES string of the molecule is O=C(Oc1ccc(CCC2CO2)cc1)c1ccn(C(=O)Oc2ccc(OCCCCOc3ccc(OC(=O)c4ccn(C(=O)Oc5ccc(OCC6CO6)cc5)c4)cc3)cc2)c1. The maximum Gasteiger partial charge on any atom is 0.423 e. The molecule has 4 aromatic carbocycles. The number of hydrogen-bond acceptors (Lipinski definition) is 13. The van der Waals surface area contributed by atoms with Crippen molar-refractivity contribution in [2.24, 2.45) is 0 Å². The molecule has 2 fully saturated rings. The van der Waals surface area contributed by atoms with Crippen LogP contribution in [0.4, 0.5) is 9.59 Å². The third-order valence-corrected chi connectivity index (χ3v) is 9.58. The Labute approximate surface area is 356 Å². The third kappa shape index (κ3) is 12.1. The van der Waals surface area contributed by atoms with Gasteiger partial charge in [0.2, 0.25) is 0 Å². The molecule has 0 saturated carbocycles. The van der Waals surface area contributed by atoms with Gasteiger partial charge in [-0.25, -0.2) is 19.2 Å². The van der Waals surface area contributed by atoms with Crippen LogP contribution < -0.4 is 33.2 Å². The van der Waals surface area contributed by atoms with Crippen LogP contribution in [-0.4, -0.2) is 78.5 Å². The molecule has 15 heteroatoms. The number of carbonyl (C=O) groups excluding carboxylic acids is 4. The van der Waals surface area contributed by atoms with Crippen LogP contribution in [0.5, 0.6) is 40.2 Å². The highest BCUT2D eigenvalue weighted by Gasteiger charge is 2.23. The molecular formula is C47H42N2O13. The fourth-order valence-electron chi connectivity index (χ4n) is 5.94. The molecule has 2 atom stereocenters. The molecule has 2 saturated heterocycles. The lowest BCUT2D eigenvalue weighted by atomic mass is 10.1. The first-order chi connectivity index (χ1) is 30.3. The number of hydrogen-bond donors (Lipinski definition) is 0. The zero-order valence-electron chi connectivity index (χ0n) is 33.4. The molecule has 4 heterocycles. The first kappa shape index (κ1) is 41.4. The standard InChI is InChI=1S/C47H42N2O13/c50-44(59-38-6-3-32(4-7-38)5-8-42-29-57-42)33-21-23-48(27-33)46(52)61-40-17-11-36(12-18-40)55-26-2-1-25-54-35-9-15-39(16-10-35)60-45(51)34-22-24-49(28-34)47(53)62-41-19-13-37(14-20-41)56-30-43-31-58-43/h3-4,6-7,9-24,27-28,42-43H,1-2,5,8,25-26,29-31H2. The molecular weight excluding hydrogens is 801 g/mol. The number of aryl methyl sites for hydroxylation is 1. The first-order valence-electron chi connectivity index (χ1n) is 20.1. The summed E-state index contributed by atoms with van der Waals surface area (Å²) in [5, 5.41) is 0. The monoisotopic (exact) mass is 842 g/mol. The molecule has 0 amide bonds. The van der Waals surface area contributed by atoms with Gasteiger partial charge in [0.25, 0.3) is 0 Å². The number of ether oxygens (including phenoxy) is 9. The van der Waals surface area contributed by atoms with Crippen molar-refractivity contribution < 1.29 is 61.8 Å². The van der Waals surface area contributed by atoms with Gasteiger partial charge < -0.3 is 42.6 Å². The molecule has 0 spiro atoms. The van der Waals surface area contributed by atoms with Crippen molar-refractivity contribution in [3.63, 3.8) is 0 Å². The zero-order chi connectivity index (χ0) is 42.7. The molecule has 0 bridgehead atoms. The second-order valence-corrected chi connectivity index (χ2v) is 14.4. The van der Waals surface area contributed by atoms with Gasteiger partial charge in [0.15, 0.2) is 0 Å². The quantitative estimate of drug-likeness (QED) is 0.0332. The minimum absolute atomic E-state index is 0.138. The summed E-state index contributed by atoms with van der Waals surface area (Å²) in [5.74, 6) is 1.99. The Bertz CT molecular complexity index is 2280. The Morgan fingerprint density at radius 3 is 1.31 bits per heavy atom. The molecule has 2 aromatic heterocycles. The van der Waals surface area contributed by atoms with E-state index in [0.717, 1.165) is 42.4 Å². The van der Waals surface area contributed by atoms with E-state index in [4.69, 9.17) is 42.6 Å². The Morgan fingerprint density at radius 1 is 0.484 bits per heavy atom. The topological polar surface area (TPSA) is 168 Å². The third-order valence-electron chi connectivity index (χ3n) is 9.58. The first-order valence-corrected chi connectivity index (χ1v) is 20.1. The smallest absolute Gasteiger partial charge is 0.423 e. The van der Waals surface area contributed by atoms with Gasteiger partial charge in [-0.3, -0.25) is 9.13 Å². The van der Waals surface area contributed by atoms with Gasteiger partial charge in [0.1, 0.15) is 53.0 Å². The highest BCUT2D eigenvalue weighted by atomic mass is 16.6. The second kappa shape index (κ2) is 19.8. The summed E-state index contributed by atoms with van der Waals surface area (Å²) in [5.41, 5.74) is 1.52. The molecule has 2 unspecified atom stereocenters. The Kier molecular flexibility index (Phi) is 13.2. The second-order valence-electron chi connectivity index (χ2n) is 14.4. The average Bonchev–Trinajstić information content (AvgIpc) is 4.20. The molecule has 0 N–H and O–H groups in total. The van der Waals surface area contributed by atoms with E-state index in [9.17, 15) is 19.2 Å². The molecule has 0 aliphatic carbocycles. The van der Waals surface area contributed by atoms with Crippen LogP contribution in [0.3, 0.4) is 0 Å². The molecule has 62 heavy (non-hydrogen) atoms. The van der Waals surface area contributed by atoms with Gasteiger partial charge in [0.05, 0.1) is 43.7 Å². The Morgan fingerprint density at radius 2 is 0.871 bits per heavy atom. The highest BCUT2D eigenvalue weighted by Crippen LogP contribution is 2.24. The lowest BCUT2D eigenvalue weighted by molar-refractivity contribution is 0.0725. The number of esters is 2. The minimum atomic E-state index is -0.688. The Hall–Kier alpha value is -7.36. The highest BCUT2D eigenvalue weighted by molar-refractivity contribution is 5.92. The van der Waals surface area contributed by atoms with Crippen LogP contribution in [0.25, 0.3) is 0 Å². The number of rotatable bonds is 19. The maximum atomic E-state index is 12.7. The molecule has 2 aliphatic heterocycles. The van der Waals surface area contributed by atoms with E-state index in [0.29, 0.717) is 72.8 Å². The molecule has 0 radical (unpaired) electrons. The number of unbranched alkanes of at least 4 members (excludes halogenated alkanes) is 1. The fraction of sp³-hybridized carbons (Fsp3) is 0.234. The normalized spacial score (nSPS) is 14.9. The van der Waals surface area contributed by atoms with E-state index in [1.165, 1.54) is 41.5 Å². The van der Waals surface area contributed by atoms with Crippen LogP contribution in [0.15, 0.2) is 134 Å². The van der Waals surface area contributed by atoms with Crippen molar-refractivity contribution in [3.8, 4) is 40.2 Å². The van der Waals surface area contributed by atoms with Crippen LogP contribution in [0.1, 0.15) is 45.5 Å². The lowest BCUT2D eigenvalue weighted by Crippen LogP contribution is -2.15. The molecule has 8 rings (SSSR count). The van der Waals surface area contributed by atoms with E-state index in [1.807, 2.05) is 12.1 Å². The van der Waals surface area contributed by atoms with Crippen molar-refractivity contribution in [3.05, 3.63) is 151 Å². The van der Waals surface area contributed by atoms with Crippen molar-refractivity contribution in [1.82, 2.24) is 9.13 Å². The van der Waals surface area contributed by atoms with Crippen LogP contribution >= 0.6 is 0 Å². The minimum Gasteiger partial charge on any atom is -0.494 e. The van der Waals surface area contributed by atoms with Gasteiger partial charge in [-0.1, -0.05) is 12.1 Å². The summed E-state index contributed by atoms with van der Waals surface area (Å²) in [4.78, 5) is 50.7. The van der Waals surface area contributed by atoms with Gasteiger partial charge >= 0.3 is 24.1 Å². The molecule has 6 aromatic rings. The predicted octanol–water partition coefficient (Wildman–Crippen LogP) is 8.17. The van der Waals surface area contributed by atoms with Crippen LogP contribution in [0.2, 0.25) is 0 Å². The van der Waals surface area contributed by atoms with Crippen molar-refractivity contribution in [1.29, 1.82) is 0 Å². The number of epoxide rings is 2. The number of carbonyl (C=O) groups is 4. The van der Waals surface area contributed by atoms with Gasteiger partial charge in [-0.2, -0.15) is 0 Å². The molecule has 318 valence electrons. The summed E-state index contributed by atoms with van der Waals surface area (Å²) in [6.45, 7) is 2.88. The summed E-state index contributed by atoms with van der Waals surface area (Å²) in [7, 11) is 0. The number of aromatic nitrogens is 2. The van der Waals surface area contributed by atoms with Crippen molar-refractivity contribution in [2.45, 2.75) is 37.9 Å². The lowest BCUT2D eigenvalue weighted by Gasteiger charge is -2.09. The van der Waals surface area contributed by atoms with E-state index >= 15 is 0 Å². The molecule has 15 nitrogen and oxygen atoms in total. The maximum absolute atomic E-state index is 12.7. The summed E-state index contributed by atoms with van der Waals surface area (Å²) < 4.78 is 51.7. The number of nitrogens with zero attached hydrogens (tertiary/aromatic N) is 2. The van der Waals surface area contributed by atoms with E-state index in [-0.39, 0.29) is 17.2 Å². The largest absolute Gasteiger partial charge is 0.494 e. The van der Waals surface area contributed by atoms with E-state index < -0.39 is 24.1 Å². The number of benzene rings is 4. The Balaban J connectivity index is 0.690. The zero-order valence-corrected chi connectivity index (χ0v) is 33.4. The van der Waals surface area contributed by atoms with Gasteiger partial charge in [0, 0.05) is 24.8 Å². The van der Waals surface area contributed by atoms with Gasteiger partial charge in [-0.15, -0.1) is 0 Å². The summed E-state index contributed by atoms with van der Waals surface area (Å²) >= 11 is 0. The average molecular weight is 843 g/mol. The van der Waals surface area contributed by atoms with Crippen LogP contribution in [-0.2, 0) is 15.9 Å². The van der Waals surface area contributed by atoms with E-state index in [1.54, 1.807) is 84.9 Å². The van der Waals surface area contributed by atoms with Gasteiger partial charge in [-0.05, 0) is 128 Å². The van der Waals surface area contributed by atoms with Crippen LogP contribution in [0, 0.1) is 0 Å². The summed E-state index contributed by atoms with van der Waals surface area (Å²) in [6, 6.07) is 30.2. The fourth-order valence-corrected chi connectivity index (χ4v) is 5.94.